The number of hydrogen-bond donors (Lipinski definition) is 0. The van der Waals surface area contributed by atoms with E-state index in [2.05, 4.69) is 16.7 Å². The van der Waals surface area contributed by atoms with Crippen LogP contribution in [0.2, 0.25) is 0 Å². The normalized spacial score (nSPS) is 14.9. The summed E-state index contributed by atoms with van der Waals surface area (Å²) in [4.78, 5) is 0. The molecule has 0 spiro atoms. The Kier molecular flexibility index (Phi) is 3.77. The van der Waals surface area contributed by atoms with Crippen LogP contribution < -0.4 is 5.01 Å². The van der Waals surface area contributed by atoms with Crippen molar-refractivity contribution in [1.29, 1.82) is 0 Å². The average Bonchev–Trinajstić information content (AvgIpc) is 3.07. The van der Waals surface area contributed by atoms with Crippen molar-refractivity contribution in [3.05, 3.63) is 119 Å². The van der Waals surface area contributed by atoms with Crippen molar-refractivity contribution in [2.45, 2.75) is 0 Å². The topological polar surface area (TPSA) is 29.7 Å². The predicted molar refractivity (Wildman–Crippen MR) is 97.6 cm³/mol. The molecule has 3 aromatic carbocycles. The second kappa shape index (κ2) is 6.37. The van der Waals surface area contributed by atoms with Crippen LogP contribution in [0.25, 0.3) is 5.53 Å². The van der Waals surface area contributed by atoms with Crippen LogP contribution in [0.1, 0.15) is 11.1 Å². The van der Waals surface area contributed by atoms with Gasteiger partial charge in [0.1, 0.15) is 5.56 Å². The van der Waals surface area contributed by atoms with Gasteiger partial charge >= 0.3 is 0 Å². The second-order valence-corrected chi connectivity index (χ2v) is 5.39. The molecule has 0 amide bonds. The van der Waals surface area contributed by atoms with E-state index in [-0.39, 0.29) is 0 Å². The summed E-state index contributed by atoms with van der Waals surface area (Å²) in [6.45, 7) is 0. The Morgan fingerprint density at radius 2 is 1.29 bits per heavy atom. The highest BCUT2D eigenvalue weighted by atomic mass is 15.7. The molecule has 0 unspecified atom stereocenters. The lowest BCUT2D eigenvalue weighted by atomic mass is 10.0. The molecular formula is C21H15N3. The van der Waals surface area contributed by atoms with Crippen LogP contribution >= 0.6 is 0 Å². The molecule has 24 heavy (non-hydrogen) atoms. The molecule has 1 aliphatic heterocycles. The number of para-hydroxylation sites is 1. The van der Waals surface area contributed by atoms with Gasteiger partial charge in [-0.15, -0.1) is 0 Å². The van der Waals surface area contributed by atoms with Crippen molar-refractivity contribution in [2.24, 2.45) is 5.10 Å². The van der Waals surface area contributed by atoms with Gasteiger partial charge in [0.25, 0.3) is 0 Å². The molecule has 0 bridgehead atoms. The van der Waals surface area contributed by atoms with Gasteiger partial charge in [0.15, 0.2) is 11.4 Å². The second-order valence-electron chi connectivity index (χ2n) is 5.39. The zero-order chi connectivity index (χ0) is 16.2. The number of benzene rings is 3. The lowest BCUT2D eigenvalue weighted by Crippen LogP contribution is -2.17. The smallest absolute Gasteiger partial charge is 0.192 e. The van der Waals surface area contributed by atoms with E-state index in [0.717, 1.165) is 28.2 Å². The van der Waals surface area contributed by atoms with Gasteiger partial charge < -0.3 is 15.6 Å². The Morgan fingerprint density at radius 3 is 1.96 bits per heavy atom. The van der Waals surface area contributed by atoms with E-state index in [1.54, 1.807) is 0 Å². The summed E-state index contributed by atoms with van der Waals surface area (Å²) in [5.74, 6) is 0. The molecule has 3 heteroatoms. The van der Waals surface area contributed by atoms with Gasteiger partial charge in [-0.05, 0) is 42.5 Å². The maximum absolute atomic E-state index is 4.41. The molecule has 0 aromatic heterocycles. The first kappa shape index (κ1) is 14.2. The van der Waals surface area contributed by atoms with Crippen molar-refractivity contribution in [1.82, 2.24) is 0 Å². The van der Waals surface area contributed by atoms with E-state index in [4.69, 9.17) is 0 Å². The van der Waals surface area contributed by atoms with Gasteiger partial charge in [0.05, 0.1) is 0 Å². The largest absolute Gasteiger partial charge is 0.494 e. The Morgan fingerprint density at radius 1 is 0.708 bits per heavy atom. The highest BCUT2D eigenvalue weighted by Crippen LogP contribution is 2.31. The van der Waals surface area contributed by atoms with Crippen LogP contribution in [-0.2, 0) is 0 Å². The number of rotatable bonds is 3. The molecule has 3 nitrogen and oxygen atoms in total. The van der Waals surface area contributed by atoms with E-state index in [9.17, 15) is 0 Å². The van der Waals surface area contributed by atoms with Gasteiger partial charge in [0, 0.05) is 29.5 Å². The third-order valence-electron chi connectivity index (χ3n) is 3.75. The molecule has 114 valence electrons. The SMILES string of the molecule is [C+](=C1C(c2ccccc2)=N[N-]N1c1ccccc1)c1ccccc1. The van der Waals surface area contributed by atoms with E-state index < -0.39 is 0 Å². The summed E-state index contributed by atoms with van der Waals surface area (Å²) in [6, 6.07) is 30.1. The molecule has 0 aliphatic carbocycles. The van der Waals surface area contributed by atoms with E-state index >= 15 is 0 Å². The first-order valence-electron chi connectivity index (χ1n) is 7.80. The van der Waals surface area contributed by atoms with Gasteiger partial charge in [-0.1, -0.05) is 36.4 Å². The summed E-state index contributed by atoms with van der Waals surface area (Å²) >= 11 is 0. The molecule has 4 rings (SSSR count). The number of hydrogen-bond acceptors (Lipinski definition) is 2. The summed E-state index contributed by atoms with van der Waals surface area (Å²) < 4.78 is 0. The molecule has 0 radical (unpaired) electrons. The zero-order valence-corrected chi connectivity index (χ0v) is 13.0. The highest BCUT2D eigenvalue weighted by molar-refractivity contribution is 6.16. The van der Waals surface area contributed by atoms with Crippen LogP contribution in [0.3, 0.4) is 0 Å². The Balaban J connectivity index is 1.79. The average molecular weight is 309 g/mol. The lowest BCUT2D eigenvalue weighted by Gasteiger charge is -2.28. The quantitative estimate of drug-likeness (QED) is 0.630. The number of anilines is 1. The zero-order valence-electron chi connectivity index (χ0n) is 13.0. The van der Waals surface area contributed by atoms with Crippen molar-refractivity contribution < 1.29 is 0 Å². The van der Waals surface area contributed by atoms with Crippen LogP contribution in [-0.4, -0.2) is 5.71 Å². The molecule has 0 saturated heterocycles. The molecule has 0 saturated carbocycles. The van der Waals surface area contributed by atoms with Gasteiger partial charge in [-0.3, -0.25) is 0 Å². The van der Waals surface area contributed by atoms with Crippen LogP contribution in [0, 0.1) is 6.08 Å². The molecule has 1 heterocycles. The van der Waals surface area contributed by atoms with E-state index in [1.165, 1.54) is 0 Å². The summed E-state index contributed by atoms with van der Waals surface area (Å²) in [6.07, 6.45) is 3.46. The minimum Gasteiger partial charge on any atom is -0.494 e. The molecule has 0 atom stereocenters. The molecule has 0 N–H and O–H groups in total. The fourth-order valence-electron chi connectivity index (χ4n) is 2.59. The van der Waals surface area contributed by atoms with E-state index in [0.29, 0.717) is 0 Å². The first-order chi connectivity index (χ1) is 11.9. The third kappa shape index (κ3) is 2.76. The predicted octanol–water partition coefficient (Wildman–Crippen LogP) is 4.93. The molecule has 3 aromatic rings. The van der Waals surface area contributed by atoms with Crippen molar-refractivity contribution >= 4 is 11.4 Å². The third-order valence-corrected chi connectivity index (χ3v) is 3.75. The maximum Gasteiger partial charge on any atom is 0.192 e. The molecular weight excluding hydrogens is 294 g/mol. The molecule has 0 fully saturated rings. The van der Waals surface area contributed by atoms with E-state index in [1.807, 2.05) is 96.0 Å². The van der Waals surface area contributed by atoms with Crippen LogP contribution in [0.4, 0.5) is 5.69 Å². The number of nitrogens with zero attached hydrogens (tertiary/aromatic N) is 3. The van der Waals surface area contributed by atoms with Crippen molar-refractivity contribution in [3.63, 3.8) is 0 Å². The van der Waals surface area contributed by atoms with Gasteiger partial charge in [0.2, 0.25) is 0 Å². The van der Waals surface area contributed by atoms with Crippen molar-refractivity contribution in [3.8, 4) is 0 Å². The minimum absolute atomic E-state index is 0.823. The Hall–Kier alpha value is -3.42. The standard InChI is InChI=1S/C21H15N3/c1-4-10-17(11-5-1)16-20-21(18-12-6-2-7-13-18)22-23-24(20)19-14-8-3-9-15-19/h1-15H. The highest BCUT2D eigenvalue weighted by Gasteiger charge is 2.24. The van der Waals surface area contributed by atoms with Crippen LogP contribution in [0.5, 0.6) is 0 Å². The monoisotopic (exact) mass is 309 g/mol. The fraction of sp³-hybridized carbons (Fsp3) is 0. The number of allylic oxidation sites excluding steroid dienone is 1. The summed E-state index contributed by atoms with van der Waals surface area (Å²) in [7, 11) is 0. The van der Waals surface area contributed by atoms with Crippen molar-refractivity contribution in [2.75, 3.05) is 5.01 Å². The van der Waals surface area contributed by atoms with Gasteiger partial charge in [-0.25, -0.2) is 0 Å². The van der Waals surface area contributed by atoms with Crippen LogP contribution in [0.15, 0.2) is 102 Å². The summed E-state index contributed by atoms with van der Waals surface area (Å²) in [5.41, 5.74) is 9.02. The Bertz CT molecular complexity index is 869. The first-order valence-corrected chi connectivity index (χ1v) is 7.80. The minimum atomic E-state index is 0.823. The maximum atomic E-state index is 4.41. The van der Waals surface area contributed by atoms with Gasteiger partial charge in [-0.2, -0.15) is 0 Å². The molecule has 1 aliphatic rings. The Labute approximate surface area is 141 Å². The lowest BCUT2D eigenvalue weighted by molar-refractivity contribution is 1.15. The summed E-state index contributed by atoms with van der Waals surface area (Å²) in [5, 5.41) is 6.24. The fourth-order valence-corrected chi connectivity index (χ4v) is 2.59.